The molecule has 1 aromatic carbocycles. The van der Waals surface area contributed by atoms with Gasteiger partial charge in [-0.15, -0.1) is 0 Å². The van der Waals surface area contributed by atoms with Gasteiger partial charge in [0.15, 0.2) is 0 Å². The maximum Gasteiger partial charge on any atom is -0.00936 e. The van der Waals surface area contributed by atoms with Crippen LogP contribution in [0.3, 0.4) is 0 Å². The van der Waals surface area contributed by atoms with Crippen molar-refractivity contribution in [2.75, 3.05) is 0 Å². The third-order valence-electron chi connectivity index (χ3n) is 3.67. The lowest BCUT2D eigenvalue weighted by Gasteiger charge is -2.04. The SMILES string of the molecule is CC.CCC1C2Cc3ccccc3C12. The minimum atomic E-state index is 0.950. The third-order valence-corrected chi connectivity index (χ3v) is 3.67. The predicted octanol–water partition coefficient (Wildman–Crippen LogP) is 4.01. The molecule has 0 aliphatic heterocycles. The first-order chi connectivity index (χ1) is 6.92. The van der Waals surface area contributed by atoms with Crippen LogP contribution in [0.1, 0.15) is 44.2 Å². The molecular formula is C14H20. The minimum Gasteiger partial charge on any atom is -0.0683 e. The van der Waals surface area contributed by atoms with Crippen LogP contribution in [0.15, 0.2) is 24.3 Å². The van der Waals surface area contributed by atoms with Crippen LogP contribution in [0.25, 0.3) is 0 Å². The Morgan fingerprint density at radius 2 is 1.93 bits per heavy atom. The molecule has 0 radical (unpaired) electrons. The average Bonchev–Trinajstić information content (AvgIpc) is 2.83. The monoisotopic (exact) mass is 188 g/mol. The van der Waals surface area contributed by atoms with Crippen LogP contribution in [0, 0.1) is 11.8 Å². The van der Waals surface area contributed by atoms with Crippen molar-refractivity contribution in [2.24, 2.45) is 11.8 Å². The highest BCUT2D eigenvalue weighted by Crippen LogP contribution is 2.62. The Morgan fingerprint density at radius 1 is 1.21 bits per heavy atom. The van der Waals surface area contributed by atoms with Crippen LogP contribution in [-0.4, -0.2) is 0 Å². The fraction of sp³-hybridized carbons (Fsp3) is 0.571. The molecule has 0 amide bonds. The van der Waals surface area contributed by atoms with E-state index in [-0.39, 0.29) is 0 Å². The molecule has 2 aliphatic rings. The number of benzene rings is 1. The van der Waals surface area contributed by atoms with Crippen molar-refractivity contribution in [3.05, 3.63) is 35.4 Å². The summed E-state index contributed by atoms with van der Waals surface area (Å²) in [6.45, 7) is 6.32. The first-order valence-corrected chi connectivity index (χ1v) is 5.99. The van der Waals surface area contributed by atoms with E-state index in [0.29, 0.717) is 0 Å². The van der Waals surface area contributed by atoms with E-state index in [4.69, 9.17) is 0 Å². The van der Waals surface area contributed by atoms with Crippen molar-refractivity contribution < 1.29 is 0 Å². The van der Waals surface area contributed by atoms with E-state index in [1.807, 2.05) is 13.8 Å². The van der Waals surface area contributed by atoms with Gasteiger partial charge in [0.05, 0.1) is 0 Å². The summed E-state index contributed by atoms with van der Waals surface area (Å²) in [6, 6.07) is 8.99. The molecule has 2 aliphatic carbocycles. The van der Waals surface area contributed by atoms with Crippen LogP contribution in [-0.2, 0) is 6.42 Å². The highest BCUT2D eigenvalue weighted by Gasteiger charge is 2.53. The van der Waals surface area contributed by atoms with E-state index in [0.717, 1.165) is 17.8 Å². The van der Waals surface area contributed by atoms with E-state index in [2.05, 4.69) is 31.2 Å². The van der Waals surface area contributed by atoms with Gasteiger partial charge in [0.2, 0.25) is 0 Å². The Morgan fingerprint density at radius 3 is 2.64 bits per heavy atom. The second-order valence-corrected chi connectivity index (χ2v) is 4.16. The number of fused-ring (bicyclic) bond motifs is 3. The van der Waals surface area contributed by atoms with Gasteiger partial charge in [0, 0.05) is 0 Å². The lowest BCUT2D eigenvalue weighted by Crippen LogP contribution is -1.91. The van der Waals surface area contributed by atoms with E-state index in [1.165, 1.54) is 12.8 Å². The second kappa shape index (κ2) is 3.76. The first kappa shape index (κ1) is 9.76. The fourth-order valence-electron chi connectivity index (χ4n) is 3.04. The van der Waals surface area contributed by atoms with Crippen molar-refractivity contribution >= 4 is 0 Å². The molecule has 76 valence electrons. The number of rotatable bonds is 1. The van der Waals surface area contributed by atoms with Crippen LogP contribution in [0.4, 0.5) is 0 Å². The van der Waals surface area contributed by atoms with Gasteiger partial charge >= 0.3 is 0 Å². The van der Waals surface area contributed by atoms with Crippen molar-refractivity contribution in [2.45, 2.75) is 39.5 Å². The van der Waals surface area contributed by atoms with Crippen molar-refractivity contribution in [3.8, 4) is 0 Å². The Labute approximate surface area is 87.3 Å². The van der Waals surface area contributed by atoms with Gasteiger partial charge in [-0.3, -0.25) is 0 Å². The summed E-state index contributed by atoms with van der Waals surface area (Å²) in [5.41, 5.74) is 3.28. The Kier molecular flexibility index (Phi) is 2.62. The summed E-state index contributed by atoms with van der Waals surface area (Å²) in [7, 11) is 0. The molecule has 0 spiro atoms. The number of hydrogen-bond acceptors (Lipinski definition) is 0. The van der Waals surface area contributed by atoms with Gasteiger partial charge in [0.1, 0.15) is 0 Å². The first-order valence-electron chi connectivity index (χ1n) is 5.99. The number of hydrogen-bond donors (Lipinski definition) is 0. The molecule has 1 fully saturated rings. The van der Waals surface area contributed by atoms with Crippen molar-refractivity contribution in [1.29, 1.82) is 0 Å². The molecule has 0 nitrogen and oxygen atoms in total. The summed E-state index contributed by atoms with van der Waals surface area (Å²) >= 11 is 0. The predicted molar refractivity (Wildman–Crippen MR) is 61.5 cm³/mol. The van der Waals surface area contributed by atoms with Gasteiger partial charge in [-0.1, -0.05) is 51.5 Å². The molecule has 3 atom stereocenters. The van der Waals surface area contributed by atoms with Gasteiger partial charge in [0.25, 0.3) is 0 Å². The molecular weight excluding hydrogens is 168 g/mol. The zero-order valence-corrected chi connectivity index (χ0v) is 9.46. The molecule has 0 heterocycles. The summed E-state index contributed by atoms with van der Waals surface area (Å²) in [6.07, 6.45) is 2.74. The van der Waals surface area contributed by atoms with Gasteiger partial charge in [-0.2, -0.15) is 0 Å². The molecule has 3 rings (SSSR count). The van der Waals surface area contributed by atoms with E-state index in [9.17, 15) is 0 Å². The highest BCUT2D eigenvalue weighted by atomic mass is 14.6. The second-order valence-electron chi connectivity index (χ2n) is 4.16. The van der Waals surface area contributed by atoms with E-state index in [1.54, 1.807) is 11.1 Å². The normalized spacial score (nSPS) is 31.2. The lowest BCUT2D eigenvalue weighted by atomic mass is 10.0. The molecule has 0 heteroatoms. The molecule has 0 saturated heterocycles. The van der Waals surface area contributed by atoms with Crippen molar-refractivity contribution in [1.82, 2.24) is 0 Å². The van der Waals surface area contributed by atoms with E-state index >= 15 is 0 Å². The average molecular weight is 188 g/mol. The van der Waals surface area contributed by atoms with Crippen LogP contribution in [0.2, 0.25) is 0 Å². The summed E-state index contributed by atoms with van der Waals surface area (Å²) in [5.74, 6) is 3.00. The van der Waals surface area contributed by atoms with Gasteiger partial charge < -0.3 is 0 Å². The minimum absolute atomic E-state index is 0.950. The summed E-state index contributed by atoms with van der Waals surface area (Å²) in [5, 5.41) is 0. The molecule has 0 N–H and O–H groups in total. The molecule has 1 aromatic rings. The molecule has 3 unspecified atom stereocenters. The molecule has 0 aromatic heterocycles. The lowest BCUT2D eigenvalue weighted by molar-refractivity contribution is 0.670. The standard InChI is InChI=1S/C12H14.C2H6/c1-2-9-11-7-8-5-3-4-6-10(8)12(9)11;1-2/h3-6,9,11-12H,2,7H2,1H3;1-2H3. The topological polar surface area (TPSA) is 0 Å². The Balaban J connectivity index is 0.000000354. The molecule has 0 bridgehead atoms. The van der Waals surface area contributed by atoms with Crippen LogP contribution < -0.4 is 0 Å². The van der Waals surface area contributed by atoms with Crippen molar-refractivity contribution in [3.63, 3.8) is 0 Å². The zero-order valence-electron chi connectivity index (χ0n) is 9.46. The van der Waals surface area contributed by atoms with Gasteiger partial charge in [-0.05, 0) is 35.3 Å². The quantitative estimate of drug-likeness (QED) is 0.624. The summed E-state index contributed by atoms with van der Waals surface area (Å²) < 4.78 is 0. The smallest absolute Gasteiger partial charge is 0.00936 e. The largest absolute Gasteiger partial charge is 0.0683 e. The Hall–Kier alpha value is -0.780. The maximum atomic E-state index is 2.33. The van der Waals surface area contributed by atoms with Crippen LogP contribution >= 0.6 is 0 Å². The molecule has 1 saturated carbocycles. The van der Waals surface area contributed by atoms with E-state index < -0.39 is 0 Å². The van der Waals surface area contributed by atoms with Crippen LogP contribution in [0.5, 0.6) is 0 Å². The fourth-order valence-corrected chi connectivity index (χ4v) is 3.04. The third kappa shape index (κ3) is 1.28. The maximum absolute atomic E-state index is 2.33. The van der Waals surface area contributed by atoms with Gasteiger partial charge in [-0.25, -0.2) is 0 Å². The Bertz CT molecular complexity index is 314. The summed E-state index contributed by atoms with van der Waals surface area (Å²) in [4.78, 5) is 0. The molecule has 14 heavy (non-hydrogen) atoms. The zero-order chi connectivity index (χ0) is 10.1. The highest BCUT2D eigenvalue weighted by molar-refractivity contribution is 5.42.